The first kappa shape index (κ1) is 20.4. The van der Waals surface area contributed by atoms with Crippen molar-refractivity contribution in [3.8, 4) is 0 Å². The lowest BCUT2D eigenvalue weighted by molar-refractivity contribution is -0.137. The van der Waals surface area contributed by atoms with E-state index in [4.69, 9.17) is 4.52 Å². The number of nitrogens with zero attached hydrogens (tertiary/aromatic N) is 3. The van der Waals surface area contributed by atoms with Crippen LogP contribution in [-0.2, 0) is 12.6 Å². The van der Waals surface area contributed by atoms with Crippen LogP contribution in [-0.4, -0.2) is 41.2 Å². The van der Waals surface area contributed by atoms with Gasteiger partial charge in [-0.25, -0.2) is 0 Å². The zero-order valence-electron chi connectivity index (χ0n) is 15.5. The Morgan fingerprint density at radius 3 is 2.50 bits per heavy atom. The molecule has 0 saturated heterocycles. The molecule has 0 radical (unpaired) electrons. The molecule has 2 rings (SSSR count). The average Bonchev–Trinajstić information content (AvgIpc) is 3.06. The van der Waals surface area contributed by atoms with E-state index in [9.17, 15) is 13.2 Å². The SMILES string of the molecule is CCN(CC)C(c1cccc(C(F)(F)F)c1)c1nc(CC(C)NC)no1. The van der Waals surface area contributed by atoms with Crippen LogP contribution in [0.25, 0.3) is 0 Å². The van der Waals surface area contributed by atoms with Crippen LogP contribution in [0.15, 0.2) is 28.8 Å². The number of aromatic nitrogens is 2. The molecule has 0 aliphatic rings. The monoisotopic (exact) mass is 370 g/mol. The largest absolute Gasteiger partial charge is 0.416 e. The van der Waals surface area contributed by atoms with Crippen molar-refractivity contribution in [2.75, 3.05) is 20.1 Å². The van der Waals surface area contributed by atoms with Gasteiger partial charge < -0.3 is 9.84 Å². The van der Waals surface area contributed by atoms with Gasteiger partial charge in [-0.2, -0.15) is 18.2 Å². The van der Waals surface area contributed by atoms with Crippen LogP contribution < -0.4 is 5.32 Å². The van der Waals surface area contributed by atoms with E-state index in [1.165, 1.54) is 6.07 Å². The predicted octanol–water partition coefficient (Wildman–Crippen LogP) is 3.67. The Hall–Kier alpha value is -1.93. The smallest absolute Gasteiger partial charge is 0.337 e. The summed E-state index contributed by atoms with van der Waals surface area (Å²) in [4.78, 5) is 6.44. The van der Waals surface area contributed by atoms with Gasteiger partial charge in [0.15, 0.2) is 5.82 Å². The number of hydrogen-bond donors (Lipinski definition) is 1. The van der Waals surface area contributed by atoms with Crippen LogP contribution in [0.2, 0.25) is 0 Å². The van der Waals surface area contributed by atoms with Crippen molar-refractivity contribution in [3.63, 3.8) is 0 Å². The van der Waals surface area contributed by atoms with Gasteiger partial charge in [-0.3, -0.25) is 4.90 Å². The van der Waals surface area contributed by atoms with Crippen LogP contribution in [0.4, 0.5) is 13.2 Å². The molecule has 2 aromatic rings. The summed E-state index contributed by atoms with van der Waals surface area (Å²) < 4.78 is 44.8. The minimum Gasteiger partial charge on any atom is -0.337 e. The first-order valence-corrected chi connectivity index (χ1v) is 8.71. The summed E-state index contributed by atoms with van der Waals surface area (Å²) in [6, 6.07) is 4.95. The van der Waals surface area contributed by atoms with Gasteiger partial charge in [0.2, 0.25) is 5.89 Å². The van der Waals surface area contributed by atoms with Crippen LogP contribution in [0.3, 0.4) is 0 Å². The first-order chi connectivity index (χ1) is 12.3. The van der Waals surface area contributed by atoms with Crippen molar-refractivity contribution in [3.05, 3.63) is 47.1 Å². The molecule has 2 unspecified atom stereocenters. The Labute approximate surface area is 151 Å². The topological polar surface area (TPSA) is 54.2 Å². The van der Waals surface area contributed by atoms with E-state index in [0.717, 1.165) is 12.1 Å². The molecule has 0 spiro atoms. The third-order valence-electron chi connectivity index (χ3n) is 4.41. The number of likely N-dealkylation sites (N-methyl/N-ethyl adjacent to an activating group) is 1. The quantitative estimate of drug-likeness (QED) is 0.768. The number of benzene rings is 1. The second kappa shape index (κ2) is 8.64. The summed E-state index contributed by atoms with van der Waals surface area (Å²) in [7, 11) is 1.84. The molecular weight excluding hydrogens is 345 g/mol. The van der Waals surface area contributed by atoms with Gasteiger partial charge in [-0.15, -0.1) is 0 Å². The average molecular weight is 370 g/mol. The van der Waals surface area contributed by atoms with Crippen molar-refractivity contribution in [1.29, 1.82) is 0 Å². The Bertz CT molecular complexity index is 698. The summed E-state index contributed by atoms with van der Waals surface area (Å²) in [6.07, 6.45) is -3.82. The maximum atomic E-state index is 13.1. The highest BCUT2D eigenvalue weighted by Gasteiger charge is 2.33. The minimum absolute atomic E-state index is 0.168. The maximum absolute atomic E-state index is 13.1. The minimum atomic E-state index is -4.40. The lowest BCUT2D eigenvalue weighted by Gasteiger charge is -2.27. The summed E-state index contributed by atoms with van der Waals surface area (Å²) >= 11 is 0. The fourth-order valence-electron chi connectivity index (χ4n) is 2.82. The van der Waals surface area contributed by atoms with E-state index in [0.29, 0.717) is 36.8 Å². The van der Waals surface area contributed by atoms with Crippen molar-refractivity contribution in [2.45, 2.75) is 45.5 Å². The third kappa shape index (κ3) is 4.82. The Balaban J connectivity index is 2.42. The molecule has 5 nitrogen and oxygen atoms in total. The van der Waals surface area contributed by atoms with Crippen molar-refractivity contribution in [1.82, 2.24) is 20.4 Å². The lowest BCUT2D eigenvalue weighted by Crippen LogP contribution is -2.30. The molecule has 1 aromatic heterocycles. The van der Waals surface area contributed by atoms with Gasteiger partial charge in [-0.05, 0) is 44.8 Å². The zero-order valence-corrected chi connectivity index (χ0v) is 15.5. The number of rotatable bonds is 8. The highest BCUT2D eigenvalue weighted by molar-refractivity contribution is 5.31. The van der Waals surface area contributed by atoms with Gasteiger partial charge in [-0.1, -0.05) is 31.1 Å². The highest BCUT2D eigenvalue weighted by Crippen LogP contribution is 2.34. The van der Waals surface area contributed by atoms with Crippen LogP contribution >= 0.6 is 0 Å². The first-order valence-electron chi connectivity index (χ1n) is 8.71. The Kier molecular flexibility index (Phi) is 6.77. The maximum Gasteiger partial charge on any atom is 0.416 e. The van der Waals surface area contributed by atoms with E-state index in [1.54, 1.807) is 6.07 Å². The molecule has 8 heteroatoms. The van der Waals surface area contributed by atoms with Crippen molar-refractivity contribution in [2.24, 2.45) is 0 Å². The molecule has 0 amide bonds. The Morgan fingerprint density at radius 1 is 1.23 bits per heavy atom. The van der Waals surface area contributed by atoms with E-state index in [1.807, 2.05) is 32.7 Å². The molecule has 144 valence electrons. The molecule has 26 heavy (non-hydrogen) atoms. The number of hydrogen-bond acceptors (Lipinski definition) is 5. The third-order valence-corrected chi connectivity index (χ3v) is 4.41. The molecule has 0 aliphatic carbocycles. The lowest BCUT2D eigenvalue weighted by atomic mass is 10.0. The van der Waals surface area contributed by atoms with E-state index >= 15 is 0 Å². The molecule has 1 N–H and O–H groups in total. The van der Waals surface area contributed by atoms with Gasteiger partial charge in [0, 0.05) is 12.5 Å². The van der Waals surface area contributed by atoms with Gasteiger partial charge in [0.05, 0.1) is 5.56 Å². The second-order valence-corrected chi connectivity index (χ2v) is 6.19. The van der Waals surface area contributed by atoms with Crippen molar-refractivity contribution >= 4 is 0 Å². The number of halogens is 3. The van der Waals surface area contributed by atoms with Crippen LogP contribution in [0.5, 0.6) is 0 Å². The van der Waals surface area contributed by atoms with E-state index in [-0.39, 0.29) is 6.04 Å². The molecule has 0 fully saturated rings. The van der Waals surface area contributed by atoms with Gasteiger partial charge in [0.25, 0.3) is 0 Å². The molecule has 2 atom stereocenters. The fraction of sp³-hybridized carbons (Fsp3) is 0.556. The molecule has 1 heterocycles. The number of alkyl halides is 3. The van der Waals surface area contributed by atoms with Crippen LogP contribution in [0, 0.1) is 0 Å². The molecule has 0 aliphatic heterocycles. The van der Waals surface area contributed by atoms with Gasteiger partial charge >= 0.3 is 6.18 Å². The predicted molar refractivity (Wildman–Crippen MR) is 92.7 cm³/mol. The normalized spacial score (nSPS) is 14.6. The number of nitrogens with one attached hydrogen (secondary N) is 1. The molecule has 1 aromatic carbocycles. The van der Waals surface area contributed by atoms with E-state index < -0.39 is 17.8 Å². The fourth-order valence-corrected chi connectivity index (χ4v) is 2.82. The molecule has 0 bridgehead atoms. The summed E-state index contributed by atoms with van der Waals surface area (Å²) in [5, 5.41) is 7.09. The summed E-state index contributed by atoms with van der Waals surface area (Å²) in [5.41, 5.74) is -0.198. The molecular formula is C18H25F3N4O. The second-order valence-electron chi connectivity index (χ2n) is 6.19. The van der Waals surface area contributed by atoms with Gasteiger partial charge in [0.1, 0.15) is 6.04 Å². The van der Waals surface area contributed by atoms with Crippen LogP contribution in [0.1, 0.15) is 49.7 Å². The van der Waals surface area contributed by atoms with E-state index in [2.05, 4.69) is 15.5 Å². The summed E-state index contributed by atoms with van der Waals surface area (Å²) in [6.45, 7) is 7.17. The summed E-state index contributed by atoms with van der Waals surface area (Å²) in [5.74, 6) is 0.845. The van der Waals surface area contributed by atoms with Crippen molar-refractivity contribution < 1.29 is 17.7 Å². The standard InChI is InChI=1S/C18H25F3N4O/c1-5-25(6-2)16(13-8-7-9-14(11-13)18(19,20)21)17-23-15(24-26-17)10-12(3)22-4/h7-9,11-12,16,22H,5-6,10H2,1-4H3. The zero-order chi connectivity index (χ0) is 19.3. The highest BCUT2D eigenvalue weighted by atomic mass is 19.4. The molecule has 0 saturated carbocycles. The Morgan fingerprint density at radius 2 is 1.92 bits per heavy atom.